The fourth-order valence-corrected chi connectivity index (χ4v) is 3.58. The lowest BCUT2D eigenvalue weighted by Gasteiger charge is -2.37. The molecule has 3 rings (SSSR count). The molecule has 0 bridgehead atoms. The fourth-order valence-electron chi connectivity index (χ4n) is 3.58. The van der Waals surface area contributed by atoms with Crippen molar-refractivity contribution in [3.8, 4) is 0 Å². The Bertz CT molecular complexity index is 605. The molecule has 1 aromatic heterocycles. The van der Waals surface area contributed by atoms with Crippen LogP contribution in [0.1, 0.15) is 19.0 Å². The summed E-state index contributed by atoms with van der Waals surface area (Å²) in [6, 6.07) is 1.87. The lowest BCUT2D eigenvalue weighted by Crippen LogP contribution is -2.54. The van der Waals surface area contributed by atoms with Crippen molar-refractivity contribution in [3.05, 3.63) is 18.0 Å². The lowest BCUT2D eigenvalue weighted by molar-refractivity contribution is -0.143. The number of guanidine groups is 1. The summed E-state index contributed by atoms with van der Waals surface area (Å²) >= 11 is 0. The van der Waals surface area contributed by atoms with E-state index in [0.717, 1.165) is 44.4 Å². The Hall–Kier alpha value is -1.08. The predicted molar refractivity (Wildman–Crippen MR) is 111 cm³/mol. The molecule has 160 valence electrons. The lowest BCUT2D eigenvalue weighted by atomic mass is 10.2. The second kappa shape index (κ2) is 10.6. The Kier molecular flexibility index (Phi) is 8.81. The molecule has 0 saturated carbocycles. The third kappa shape index (κ3) is 7.07. The van der Waals surface area contributed by atoms with E-state index >= 15 is 0 Å². The van der Waals surface area contributed by atoms with Gasteiger partial charge < -0.3 is 14.7 Å². The number of piperazine rings is 1. The van der Waals surface area contributed by atoms with E-state index in [-0.39, 0.29) is 30.0 Å². The molecule has 1 atom stereocenters. The molecule has 0 aromatic carbocycles. The van der Waals surface area contributed by atoms with Gasteiger partial charge in [0.1, 0.15) is 6.26 Å². The van der Waals surface area contributed by atoms with Crippen LogP contribution in [0.5, 0.6) is 0 Å². The molecule has 28 heavy (non-hydrogen) atoms. The summed E-state index contributed by atoms with van der Waals surface area (Å²) in [7, 11) is 0. The highest BCUT2D eigenvalue weighted by atomic mass is 127. The number of nitrogens with zero attached hydrogens (tertiary/aromatic N) is 5. The highest BCUT2D eigenvalue weighted by Crippen LogP contribution is 2.20. The van der Waals surface area contributed by atoms with E-state index in [9.17, 15) is 13.2 Å². The van der Waals surface area contributed by atoms with Gasteiger partial charge in [-0.25, -0.2) is 0 Å². The van der Waals surface area contributed by atoms with Crippen molar-refractivity contribution in [2.45, 2.75) is 32.1 Å². The summed E-state index contributed by atoms with van der Waals surface area (Å²) in [6.07, 6.45) is -1.87. The molecule has 0 spiro atoms. The second-order valence-corrected chi connectivity index (χ2v) is 7.03. The summed E-state index contributed by atoms with van der Waals surface area (Å²) in [5.74, 6) is 0.803. The first-order chi connectivity index (χ1) is 12.9. The van der Waals surface area contributed by atoms with Crippen LogP contribution in [0.2, 0.25) is 0 Å². The van der Waals surface area contributed by atoms with Gasteiger partial charge in [-0.15, -0.1) is 24.0 Å². The van der Waals surface area contributed by atoms with Crippen molar-refractivity contribution in [1.29, 1.82) is 0 Å². The summed E-state index contributed by atoms with van der Waals surface area (Å²) in [5.41, 5.74) is 0.916. The molecule has 7 nitrogen and oxygen atoms in total. The first-order valence-corrected chi connectivity index (χ1v) is 9.39. The topological polar surface area (TPSA) is 60.1 Å². The van der Waals surface area contributed by atoms with Gasteiger partial charge in [-0.3, -0.25) is 14.8 Å². The molecule has 11 heteroatoms. The maximum atomic E-state index is 12.6. The first kappa shape index (κ1) is 23.2. The number of nitrogens with one attached hydrogen (secondary N) is 1. The molecule has 0 aliphatic carbocycles. The van der Waals surface area contributed by atoms with Crippen LogP contribution in [0.3, 0.4) is 0 Å². The van der Waals surface area contributed by atoms with E-state index in [2.05, 4.69) is 25.3 Å². The average molecular weight is 516 g/mol. The van der Waals surface area contributed by atoms with Crippen LogP contribution in [0.25, 0.3) is 0 Å². The van der Waals surface area contributed by atoms with Crippen molar-refractivity contribution < 1.29 is 17.7 Å². The number of likely N-dealkylation sites (tertiary alicyclic amines) is 1. The Morgan fingerprint density at radius 3 is 2.61 bits per heavy atom. The van der Waals surface area contributed by atoms with Crippen LogP contribution < -0.4 is 5.32 Å². The smallest absolute Gasteiger partial charge is 0.364 e. The maximum absolute atomic E-state index is 12.6. The van der Waals surface area contributed by atoms with Crippen LogP contribution in [0.4, 0.5) is 13.2 Å². The number of aliphatic imine (C=N–C) groups is 1. The van der Waals surface area contributed by atoms with Gasteiger partial charge in [0.2, 0.25) is 0 Å². The minimum atomic E-state index is -4.14. The Balaban J connectivity index is 0.00000280. The van der Waals surface area contributed by atoms with Gasteiger partial charge in [0.05, 0.1) is 12.2 Å². The van der Waals surface area contributed by atoms with Gasteiger partial charge in [0, 0.05) is 64.5 Å². The van der Waals surface area contributed by atoms with Crippen LogP contribution in [0, 0.1) is 0 Å². The third-order valence-corrected chi connectivity index (χ3v) is 4.87. The molecule has 2 saturated heterocycles. The molecule has 1 unspecified atom stereocenters. The van der Waals surface area contributed by atoms with Crippen molar-refractivity contribution >= 4 is 29.9 Å². The molecule has 2 fully saturated rings. The molecule has 3 heterocycles. The number of aromatic nitrogens is 1. The molecule has 1 N–H and O–H groups in total. The van der Waals surface area contributed by atoms with Crippen molar-refractivity contribution in [2.75, 3.05) is 52.4 Å². The zero-order chi connectivity index (χ0) is 19.3. The molecule has 2 aliphatic rings. The number of alkyl halides is 3. The zero-order valence-electron chi connectivity index (χ0n) is 16.0. The molecule has 1 aromatic rings. The summed E-state index contributed by atoms with van der Waals surface area (Å²) in [5, 5.41) is 7.33. The highest BCUT2D eigenvalue weighted by Gasteiger charge is 2.35. The van der Waals surface area contributed by atoms with Gasteiger partial charge in [-0.1, -0.05) is 5.16 Å². The molecule has 0 amide bonds. The first-order valence-electron chi connectivity index (χ1n) is 9.39. The number of hydrogen-bond donors (Lipinski definition) is 1. The van der Waals surface area contributed by atoms with Crippen LogP contribution in [-0.4, -0.2) is 90.4 Å². The predicted octanol–water partition coefficient (Wildman–Crippen LogP) is 2.01. The highest BCUT2D eigenvalue weighted by molar-refractivity contribution is 14.0. The largest absolute Gasteiger partial charge is 0.401 e. The average Bonchev–Trinajstić information content (AvgIpc) is 3.26. The monoisotopic (exact) mass is 516 g/mol. The number of hydrogen-bond acceptors (Lipinski definition) is 5. The SMILES string of the molecule is CCN=C(NC1CCN(CC(F)(F)F)C1)N1CCN(Cc2ccon2)CC1.I. The van der Waals surface area contributed by atoms with Crippen LogP contribution in [0.15, 0.2) is 21.8 Å². The van der Waals surface area contributed by atoms with E-state index in [1.54, 1.807) is 6.26 Å². The van der Waals surface area contributed by atoms with E-state index in [0.29, 0.717) is 26.1 Å². The Morgan fingerprint density at radius 2 is 2.00 bits per heavy atom. The molecular formula is C17H28F3IN6O. The number of halogens is 4. The van der Waals surface area contributed by atoms with E-state index in [4.69, 9.17) is 4.52 Å². The van der Waals surface area contributed by atoms with Crippen LogP contribution >= 0.6 is 24.0 Å². The minimum absolute atomic E-state index is 0. The van der Waals surface area contributed by atoms with Crippen molar-refractivity contribution in [2.24, 2.45) is 4.99 Å². The normalized spacial score (nSPS) is 22.4. The maximum Gasteiger partial charge on any atom is 0.401 e. The Labute approximate surface area is 180 Å². The zero-order valence-corrected chi connectivity index (χ0v) is 18.3. The van der Waals surface area contributed by atoms with Crippen molar-refractivity contribution in [1.82, 2.24) is 25.2 Å². The summed E-state index contributed by atoms with van der Waals surface area (Å²) < 4.78 is 42.6. The second-order valence-electron chi connectivity index (χ2n) is 7.03. The molecule has 0 radical (unpaired) electrons. The molecular weight excluding hydrogens is 488 g/mol. The molecule has 2 aliphatic heterocycles. The van der Waals surface area contributed by atoms with E-state index in [1.807, 2.05) is 13.0 Å². The third-order valence-electron chi connectivity index (χ3n) is 4.87. The van der Waals surface area contributed by atoms with Gasteiger partial charge in [0.15, 0.2) is 5.96 Å². The number of rotatable bonds is 5. The summed E-state index contributed by atoms with van der Waals surface area (Å²) in [6.45, 7) is 6.78. The standard InChI is InChI=1S/C17H27F3N6O.HI/c1-2-21-16(22-14-3-5-25(11-14)13-17(18,19)20)26-8-6-24(7-9-26)12-15-4-10-27-23-15;/h4,10,14H,2-3,5-9,11-13H2,1H3,(H,21,22);1H. The van der Waals surface area contributed by atoms with E-state index < -0.39 is 12.7 Å². The van der Waals surface area contributed by atoms with Gasteiger partial charge in [0.25, 0.3) is 0 Å². The fraction of sp³-hybridized carbons (Fsp3) is 0.765. The van der Waals surface area contributed by atoms with Gasteiger partial charge >= 0.3 is 6.18 Å². The quantitative estimate of drug-likeness (QED) is 0.367. The van der Waals surface area contributed by atoms with E-state index in [1.165, 1.54) is 4.90 Å². The Morgan fingerprint density at radius 1 is 1.25 bits per heavy atom. The minimum Gasteiger partial charge on any atom is -0.364 e. The van der Waals surface area contributed by atoms with Gasteiger partial charge in [-0.2, -0.15) is 13.2 Å². The van der Waals surface area contributed by atoms with Gasteiger partial charge in [-0.05, 0) is 13.3 Å². The van der Waals surface area contributed by atoms with Crippen LogP contribution in [-0.2, 0) is 6.54 Å². The summed E-state index contributed by atoms with van der Waals surface area (Å²) in [4.78, 5) is 10.5. The van der Waals surface area contributed by atoms with Crippen molar-refractivity contribution in [3.63, 3.8) is 0 Å².